The summed E-state index contributed by atoms with van der Waals surface area (Å²) in [7, 11) is 0. The maximum absolute atomic E-state index is 5.96. The second-order valence-electron chi connectivity index (χ2n) is 12.1. The van der Waals surface area contributed by atoms with Crippen molar-refractivity contribution < 1.29 is 9.47 Å². The van der Waals surface area contributed by atoms with E-state index in [0.29, 0.717) is 0 Å². The Kier molecular flexibility index (Phi) is 8.92. The number of benzene rings is 5. The highest BCUT2D eigenvalue weighted by atomic mass is 16.5. The Bertz CT molecular complexity index is 1500. The predicted molar refractivity (Wildman–Crippen MR) is 181 cm³/mol. The molecule has 5 rings (SSSR count). The van der Waals surface area contributed by atoms with Gasteiger partial charge in [-0.05, 0) is 126 Å². The number of hydrogen-bond acceptors (Lipinski definition) is 3. The fourth-order valence-electron chi connectivity index (χ4n) is 5.56. The summed E-state index contributed by atoms with van der Waals surface area (Å²) in [6.45, 7) is 14.8. The number of hydrogen-bond donors (Lipinski definition) is 0. The van der Waals surface area contributed by atoms with Crippen molar-refractivity contribution in [3.63, 3.8) is 0 Å². The lowest BCUT2D eigenvalue weighted by Crippen LogP contribution is -2.25. The first kappa shape index (κ1) is 30.0. The first-order valence-corrected chi connectivity index (χ1v) is 15.2. The third kappa shape index (κ3) is 6.78. The van der Waals surface area contributed by atoms with E-state index in [1.165, 1.54) is 27.8 Å². The molecular formula is C40H43NO2. The Morgan fingerprint density at radius 3 is 1.02 bits per heavy atom. The molecule has 43 heavy (non-hydrogen) atoms. The van der Waals surface area contributed by atoms with Crippen LogP contribution in [0.2, 0.25) is 0 Å². The summed E-state index contributed by atoms with van der Waals surface area (Å²) in [5, 5.41) is 0. The second kappa shape index (κ2) is 12.8. The normalized spacial score (nSPS) is 11.6. The lowest BCUT2D eigenvalue weighted by Gasteiger charge is -2.33. The summed E-state index contributed by atoms with van der Waals surface area (Å²) in [6, 6.07) is 43.5. The summed E-state index contributed by atoms with van der Waals surface area (Å²) >= 11 is 0. The van der Waals surface area contributed by atoms with Crippen LogP contribution >= 0.6 is 0 Å². The summed E-state index contributed by atoms with van der Waals surface area (Å²) in [5.41, 5.74) is 9.06. The maximum atomic E-state index is 5.96. The quantitative estimate of drug-likeness (QED) is 0.156. The molecule has 0 aliphatic carbocycles. The molecule has 0 amide bonds. The number of nitrogens with zero attached hydrogens (tertiary/aromatic N) is 1. The Labute approximate surface area is 257 Å². The summed E-state index contributed by atoms with van der Waals surface area (Å²) in [6.07, 6.45) is 0.256. The van der Waals surface area contributed by atoms with Gasteiger partial charge < -0.3 is 14.4 Å². The van der Waals surface area contributed by atoms with Gasteiger partial charge in [-0.1, -0.05) is 71.8 Å². The molecule has 0 aliphatic heterocycles. The molecule has 3 nitrogen and oxygen atoms in total. The van der Waals surface area contributed by atoms with Crippen molar-refractivity contribution in [3.8, 4) is 11.5 Å². The molecule has 5 aromatic rings. The van der Waals surface area contributed by atoms with Gasteiger partial charge in [-0.2, -0.15) is 0 Å². The van der Waals surface area contributed by atoms with Crippen molar-refractivity contribution in [1.82, 2.24) is 0 Å². The van der Waals surface area contributed by atoms with E-state index >= 15 is 0 Å². The lowest BCUT2D eigenvalue weighted by atomic mass is 9.71. The Morgan fingerprint density at radius 2 is 0.721 bits per heavy atom. The van der Waals surface area contributed by atoms with Gasteiger partial charge in [0.2, 0.25) is 0 Å². The largest absolute Gasteiger partial charge is 0.491 e. The molecule has 3 heteroatoms. The Hall–Kier alpha value is -4.50. The van der Waals surface area contributed by atoms with Crippen LogP contribution in [0.4, 0.5) is 17.1 Å². The molecule has 0 bridgehead atoms. The van der Waals surface area contributed by atoms with Crippen LogP contribution in [0.5, 0.6) is 11.5 Å². The van der Waals surface area contributed by atoms with E-state index in [4.69, 9.17) is 9.47 Å². The van der Waals surface area contributed by atoms with Crippen LogP contribution in [0.15, 0.2) is 121 Å². The average molecular weight is 570 g/mol. The van der Waals surface area contributed by atoms with Gasteiger partial charge in [0.25, 0.3) is 0 Å². The maximum Gasteiger partial charge on any atom is 0.119 e. The topological polar surface area (TPSA) is 21.7 Å². The molecule has 5 aromatic carbocycles. The smallest absolute Gasteiger partial charge is 0.119 e. The lowest BCUT2D eigenvalue weighted by molar-refractivity contribution is 0.242. The number of ether oxygens (including phenoxy) is 2. The molecule has 220 valence electrons. The third-order valence-electron chi connectivity index (χ3n) is 7.89. The SMILES string of the molecule is Cc1ccc(N(c2ccc(C)cc2)c2ccc(C(C)(c3ccc(OC(C)C)cc3)c3ccc(OC(C)C)cc3)cc2)cc1. The highest BCUT2D eigenvalue weighted by Crippen LogP contribution is 2.42. The van der Waals surface area contributed by atoms with E-state index < -0.39 is 5.41 Å². The number of aryl methyl sites for hydroxylation is 2. The van der Waals surface area contributed by atoms with Gasteiger partial charge >= 0.3 is 0 Å². The van der Waals surface area contributed by atoms with Crippen LogP contribution in [0.3, 0.4) is 0 Å². The molecule has 0 heterocycles. The van der Waals surface area contributed by atoms with E-state index in [1.54, 1.807) is 0 Å². The van der Waals surface area contributed by atoms with Crippen LogP contribution in [0, 0.1) is 13.8 Å². The molecule has 0 aromatic heterocycles. The summed E-state index contributed by atoms with van der Waals surface area (Å²) in [5.74, 6) is 1.76. The van der Waals surface area contributed by atoms with Gasteiger partial charge in [-0.15, -0.1) is 0 Å². The van der Waals surface area contributed by atoms with Gasteiger partial charge in [0.15, 0.2) is 0 Å². The van der Waals surface area contributed by atoms with E-state index in [9.17, 15) is 0 Å². The summed E-state index contributed by atoms with van der Waals surface area (Å²) < 4.78 is 11.9. The highest BCUT2D eigenvalue weighted by Gasteiger charge is 2.31. The average Bonchev–Trinajstić information content (AvgIpc) is 2.99. The summed E-state index contributed by atoms with van der Waals surface area (Å²) in [4.78, 5) is 2.32. The second-order valence-corrected chi connectivity index (χ2v) is 12.1. The molecule has 0 fully saturated rings. The standard InChI is InChI=1S/C40H43NO2/c1-28(2)42-38-24-14-33(15-25-38)40(7,34-16-26-39(27-17-34)43-29(3)4)32-12-22-37(23-13-32)41(35-18-8-30(5)9-19-35)36-20-10-31(6)11-21-36/h8-29H,1-7H3. The molecule has 0 saturated heterocycles. The molecule has 0 radical (unpaired) electrons. The van der Waals surface area contributed by atoms with E-state index in [1.807, 2.05) is 0 Å². The van der Waals surface area contributed by atoms with Gasteiger partial charge in [-0.25, -0.2) is 0 Å². The van der Waals surface area contributed by atoms with Crippen molar-refractivity contribution in [2.75, 3.05) is 4.90 Å². The molecular weight excluding hydrogens is 526 g/mol. The van der Waals surface area contributed by atoms with Crippen LogP contribution in [0.1, 0.15) is 62.4 Å². The van der Waals surface area contributed by atoms with Crippen LogP contribution in [0.25, 0.3) is 0 Å². The van der Waals surface area contributed by atoms with E-state index in [2.05, 4.69) is 175 Å². The first-order chi connectivity index (χ1) is 20.6. The van der Waals surface area contributed by atoms with Crippen molar-refractivity contribution in [3.05, 3.63) is 149 Å². The Balaban J connectivity index is 1.58. The molecule has 0 saturated carbocycles. The van der Waals surface area contributed by atoms with Crippen molar-refractivity contribution in [2.24, 2.45) is 0 Å². The molecule has 0 spiro atoms. The zero-order chi connectivity index (χ0) is 30.6. The van der Waals surface area contributed by atoms with Crippen molar-refractivity contribution in [2.45, 2.75) is 66.1 Å². The predicted octanol–water partition coefficient (Wildman–Crippen LogP) is 10.7. The minimum atomic E-state index is -0.399. The van der Waals surface area contributed by atoms with Crippen LogP contribution < -0.4 is 14.4 Å². The molecule has 0 atom stereocenters. The Morgan fingerprint density at radius 1 is 0.442 bits per heavy atom. The fraction of sp³-hybridized carbons (Fsp3) is 0.250. The molecule has 0 aliphatic rings. The van der Waals surface area contributed by atoms with Crippen LogP contribution in [-0.2, 0) is 5.41 Å². The van der Waals surface area contributed by atoms with E-state index in [0.717, 1.165) is 28.6 Å². The number of anilines is 3. The highest BCUT2D eigenvalue weighted by molar-refractivity contribution is 5.77. The monoisotopic (exact) mass is 569 g/mol. The minimum absolute atomic E-state index is 0.128. The third-order valence-corrected chi connectivity index (χ3v) is 7.89. The molecule has 0 N–H and O–H groups in total. The van der Waals surface area contributed by atoms with Gasteiger partial charge in [0, 0.05) is 22.5 Å². The minimum Gasteiger partial charge on any atom is -0.491 e. The molecule has 0 unspecified atom stereocenters. The van der Waals surface area contributed by atoms with Gasteiger partial charge in [-0.3, -0.25) is 0 Å². The van der Waals surface area contributed by atoms with Crippen molar-refractivity contribution in [1.29, 1.82) is 0 Å². The first-order valence-electron chi connectivity index (χ1n) is 15.2. The van der Waals surface area contributed by atoms with E-state index in [-0.39, 0.29) is 12.2 Å². The number of rotatable bonds is 10. The van der Waals surface area contributed by atoms with Crippen molar-refractivity contribution >= 4 is 17.1 Å². The zero-order valence-corrected chi connectivity index (χ0v) is 26.5. The van der Waals surface area contributed by atoms with Gasteiger partial charge in [0.1, 0.15) is 11.5 Å². The fourth-order valence-corrected chi connectivity index (χ4v) is 5.56. The van der Waals surface area contributed by atoms with Crippen LogP contribution in [-0.4, -0.2) is 12.2 Å². The van der Waals surface area contributed by atoms with Gasteiger partial charge in [0.05, 0.1) is 12.2 Å². The zero-order valence-electron chi connectivity index (χ0n) is 26.5.